The van der Waals surface area contributed by atoms with Crippen molar-refractivity contribution < 1.29 is 19.5 Å². The first-order chi connectivity index (χ1) is 9.32. The number of carboxylic acids is 1. The van der Waals surface area contributed by atoms with Gasteiger partial charge < -0.3 is 21.1 Å². The summed E-state index contributed by atoms with van der Waals surface area (Å²) in [5.41, 5.74) is -1.30. The highest BCUT2D eigenvalue weighted by Crippen LogP contribution is 2.15. The third-order valence-corrected chi connectivity index (χ3v) is 3.26. The molecule has 0 aromatic heterocycles. The maximum absolute atomic E-state index is 11.8. The lowest BCUT2D eigenvalue weighted by Gasteiger charge is -2.28. The monoisotopic (exact) mass is 287 g/mol. The van der Waals surface area contributed by atoms with E-state index in [1.165, 1.54) is 0 Å². The van der Waals surface area contributed by atoms with E-state index in [0.29, 0.717) is 6.54 Å². The molecule has 0 bridgehead atoms. The molecule has 0 aliphatic heterocycles. The number of amides is 3. The summed E-state index contributed by atoms with van der Waals surface area (Å²) in [4.78, 5) is 34.7. The van der Waals surface area contributed by atoms with Crippen molar-refractivity contribution in [2.24, 2.45) is 0 Å². The molecule has 0 aromatic carbocycles. The minimum absolute atomic E-state index is 0.267. The molecule has 3 amide bonds. The highest BCUT2D eigenvalue weighted by molar-refractivity contribution is 5.90. The number of aliphatic carboxylic acids is 1. The summed E-state index contributed by atoms with van der Waals surface area (Å²) >= 11 is 0. The minimum atomic E-state index is -1.30. The maximum Gasteiger partial charge on any atom is 0.329 e. The number of carbonyl (C=O) groups excluding carboxylic acids is 2. The van der Waals surface area contributed by atoms with Crippen LogP contribution in [0.2, 0.25) is 0 Å². The van der Waals surface area contributed by atoms with E-state index in [2.05, 4.69) is 16.0 Å². The summed E-state index contributed by atoms with van der Waals surface area (Å²) in [7, 11) is 0. The smallest absolute Gasteiger partial charge is 0.329 e. The summed E-state index contributed by atoms with van der Waals surface area (Å²) in [5, 5.41) is 16.7. The van der Waals surface area contributed by atoms with Crippen molar-refractivity contribution in [1.82, 2.24) is 16.0 Å². The number of hydrogen-bond donors (Lipinski definition) is 4. The zero-order valence-electron chi connectivity index (χ0n) is 12.6. The summed E-state index contributed by atoms with van der Waals surface area (Å²) in [6, 6.07) is -1.38. The molecule has 116 valence electrons. The minimum Gasteiger partial charge on any atom is -0.480 e. The summed E-state index contributed by atoms with van der Waals surface area (Å²) < 4.78 is 0. The van der Waals surface area contributed by atoms with Crippen LogP contribution in [0.5, 0.6) is 0 Å². The van der Waals surface area contributed by atoms with Gasteiger partial charge in [0.1, 0.15) is 11.6 Å². The van der Waals surface area contributed by atoms with Crippen molar-refractivity contribution in [2.75, 3.05) is 6.54 Å². The Morgan fingerprint density at radius 2 is 1.70 bits per heavy atom. The highest BCUT2D eigenvalue weighted by Gasteiger charge is 2.36. The molecular formula is C13H25N3O4. The van der Waals surface area contributed by atoms with Crippen molar-refractivity contribution in [3.63, 3.8) is 0 Å². The lowest BCUT2D eigenvalue weighted by atomic mass is 9.93. The molecular weight excluding hydrogens is 262 g/mol. The van der Waals surface area contributed by atoms with Crippen molar-refractivity contribution in [3.8, 4) is 0 Å². The second kappa shape index (κ2) is 8.39. The van der Waals surface area contributed by atoms with Gasteiger partial charge in [0, 0.05) is 6.54 Å². The van der Waals surface area contributed by atoms with Crippen LogP contribution in [0, 0.1) is 0 Å². The van der Waals surface area contributed by atoms with Crippen molar-refractivity contribution in [2.45, 2.75) is 58.5 Å². The van der Waals surface area contributed by atoms with Crippen LogP contribution in [0.4, 0.5) is 4.79 Å². The van der Waals surface area contributed by atoms with Crippen LogP contribution in [0.15, 0.2) is 0 Å². The first kappa shape index (κ1) is 18.2. The van der Waals surface area contributed by atoms with E-state index in [-0.39, 0.29) is 18.7 Å². The normalized spacial score (nSPS) is 12.4. The van der Waals surface area contributed by atoms with Gasteiger partial charge in [-0.25, -0.2) is 9.59 Å². The quantitative estimate of drug-likeness (QED) is 0.530. The van der Waals surface area contributed by atoms with Crippen LogP contribution in [-0.4, -0.2) is 41.1 Å². The Labute approximate surface area is 119 Å². The van der Waals surface area contributed by atoms with Gasteiger partial charge >= 0.3 is 12.0 Å². The van der Waals surface area contributed by atoms with Gasteiger partial charge in [0.25, 0.3) is 0 Å². The first-order valence-electron chi connectivity index (χ1n) is 6.92. The van der Waals surface area contributed by atoms with Gasteiger partial charge in [0.2, 0.25) is 5.91 Å². The molecule has 4 N–H and O–H groups in total. The predicted octanol–water partition coefficient (Wildman–Crippen LogP) is 0.844. The Morgan fingerprint density at radius 3 is 2.10 bits per heavy atom. The Hall–Kier alpha value is -1.79. The molecule has 0 aromatic rings. The molecule has 0 spiro atoms. The second-order valence-corrected chi connectivity index (χ2v) is 4.71. The second-order valence-electron chi connectivity index (χ2n) is 4.71. The molecule has 0 rings (SSSR count). The Bertz CT molecular complexity index is 354. The van der Waals surface area contributed by atoms with E-state index in [1.807, 2.05) is 6.92 Å². The van der Waals surface area contributed by atoms with E-state index in [4.69, 9.17) is 0 Å². The van der Waals surface area contributed by atoms with E-state index in [1.54, 1.807) is 20.8 Å². The zero-order valence-corrected chi connectivity index (χ0v) is 12.6. The number of hydrogen-bond acceptors (Lipinski definition) is 3. The molecule has 20 heavy (non-hydrogen) atoms. The summed E-state index contributed by atoms with van der Waals surface area (Å²) in [5.74, 6) is -1.38. The molecule has 1 unspecified atom stereocenters. The molecule has 0 saturated heterocycles. The Morgan fingerprint density at radius 1 is 1.15 bits per heavy atom. The van der Waals surface area contributed by atoms with Gasteiger partial charge in [0.05, 0.1) is 0 Å². The highest BCUT2D eigenvalue weighted by atomic mass is 16.4. The fourth-order valence-electron chi connectivity index (χ4n) is 1.70. The number of carboxylic acid groups (broad SMARTS) is 1. The topological polar surface area (TPSA) is 108 Å². The van der Waals surface area contributed by atoms with Crippen LogP contribution in [-0.2, 0) is 9.59 Å². The van der Waals surface area contributed by atoms with Crippen molar-refractivity contribution >= 4 is 17.9 Å². The predicted molar refractivity (Wildman–Crippen MR) is 75.4 cm³/mol. The van der Waals surface area contributed by atoms with E-state index in [0.717, 1.165) is 6.42 Å². The number of rotatable bonds is 8. The molecule has 0 saturated carbocycles. The Kier molecular flexibility index (Phi) is 7.64. The number of carbonyl (C=O) groups is 3. The molecule has 1 atom stereocenters. The lowest BCUT2D eigenvalue weighted by molar-refractivity contribution is -0.144. The average Bonchev–Trinajstić information content (AvgIpc) is 2.41. The van der Waals surface area contributed by atoms with E-state index < -0.39 is 23.6 Å². The van der Waals surface area contributed by atoms with E-state index in [9.17, 15) is 19.5 Å². The molecule has 0 aliphatic carbocycles. The maximum atomic E-state index is 11.8. The third kappa shape index (κ3) is 5.07. The fraction of sp³-hybridized carbons (Fsp3) is 0.769. The van der Waals surface area contributed by atoms with Crippen LogP contribution in [0.1, 0.15) is 47.0 Å². The van der Waals surface area contributed by atoms with Crippen molar-refractivity contribution in [1.29, 1.82) is 0 Å². The van der Waals surface area contributed by atoms with Gasteiger partial charge in [-0.3, -0.25) is 4.79 Å². The van der Waals surface area contributed by atoms with Gasteiger partial charge in [-0.2, -0.15) is 0 Å². The lowest BCUT2D eigenvalue weighted by Crippen LogP contribution is -2.59. The van der Waals surface area contributed by atoms with Gasteiger partial charge in [-0.05, 0) is 26.2 Å². The number of urea groups is 1. The zero-order chi connectivity index (χ0) is 15.8. The molecule has 7 nitrogen and oxygen atoms in total. The van der Waals surface area contributed by atoms with Gasteiger partial charge in [0.15, 0.2) is 0 Å². The van der Waals surface area contributed by atoms with Crippen LogP contribution in [0.3, 0.4) is 0 Å². The van der Waals surface area contributed by atoms with E-state index >= 15 is 0 Å². The molecule has 7 heteroatoms. The summed E-state index contributed by atoms with van der Waals surface area (Å²) in [6.45, 7) is 7.39. The third-order valence-electron chi connectivity index (χ3n) is 3.26. The van der Waals surface area contributed by atoms with Crippen LogP contribution in [0.25, 0.3) is 0 Å². The molecule has 0 radical (unpaired) electrons. The average molecular weight is 287 g/mol. The van der Waals surface area contributed by atoms with Crippen LogP contribution >= 0.6 is 0 Å². The SMILES string of the molecule is CCCNC(=O)C(C)NC(=O)NC(CC)(CC)C(=O)O. The van der Waals surface area contributed by atoms with Gasteiger partial charge in [-0.1, -0.05) is 20.8 Å². The summed E-state index contributed by atoms with van der Waals surface area (Å²) in [6.07, 6.45) is 1.34. The fourth-order valence-corrected chi connectivity index (χ4v) is 1.70. The van der Waals surface area contributed by atoms with Gasteiger partial charge in [-0.15, -0.1) is 0 Å². The van der Waals surface area contributed by atoms with Crippen molar-refractivity contribution in [3.05, 3.63) is 0 Å². The molecule has 0 fully saturated rings. The first-order valence-corrected chi connectivity index (χ1v) is 6.92. The molecule has 0 heterocycles. The Balaban J connectivity index is 4.54. The molecule has 0 aliphatic rings. The van der Waals surface area contributed by atoms with Crippen LogP contribution < -0.4 is 16.0 Å². The standard InChI is InChI=1S/C13H25N3O4/c1-5-8-14-10(17)9(4)15-12(20)16-13(6-2,7-3)11(18)19/h9H,5-8H2,1-4H3,(H,14,17)(H,18,19)(H2,15,16,20). The number of nitrogens with one attached hydrogen (secondary N) is 3. The largest absolute Gasteiger partial charge is 0.480 e.